The van der Waals surface area contributed by atoms with Crippen LogP contribution < -0.4 is 5.32 Å². The molecule has 4 unspecified atom stereocenters. The Hall–Kier alpha value is -0.860. The van der Waals surface area contributed by atoms with Crippen molar-refractivity contribution in [2.45, 2.75) is 56.7 Å². The molecular formula is C18H26N2. The lowest BCUT2D eigenvalue weighted by Gasteiger charge is -2.46. The maximum atomic E-state index is 3.83. The van der Waals surface area contributed by atoms with Crippen LogP contribution in [0.3, 0.4) is 0 Å². The van der Waals surface area contributed by atoms with Gasteiger partial charge in [-0.1, -0.05) is 30.3 Å². The van der Waals surface area contributed by atoms with E-state index in [4.69, 9.17) is 0 Å². The lowest BCUT2D eigenvalue weighted by Crippen LogP contribution is -2.63. The van der Waals surface area contributed by atoms with Gasteiger partial charge in [0.25, 0.3) is 0 Å². The highest BCUT2D eigenvalue weighted by Crippen LogP contribution is 2.48. The van der Waals surface area contributed by atoms with Crippen LogP contribution in [0.25, 0.3) is 0 Å². The predicted molar refractivity (Wildman–Crippen MR) is 82.9 cm³/mol. The fourth-order valence-corrected chi connectivity index (χ4v) is 4.13. The van der Waals surface area contributed by atoms with Crippen molar-refractivity contribution < 1.29 is 0 Å². The third-order valence-electron chi connectivity index (χ3n) is 5.77. The van der Waals surface area contributed by atoms with Crippen molar-refractivity contribution in [3.8, 4) is 0 Å². The monoisotopic (exact) mass is 270 g/mol. The van der Waals surface area contributed by atoms with Gasteiger partial charge < -0.3 is 5.32 Å². The zero-order valence-electron chi connectivity index (χ0n) is 12.7. The number of hydrogen-bond donors (Lipinski definition) is 1. The third-order valence-corrected chi connectivity index (χ3v) is 5.77. The number of benzene rings is 1. The van der Waals surface area contributed by atoms with Gasteiger partial charge in [-0.25, -0.2) is 0 Å². The van der Waals surface area contributed by atoms with Gasteiger partial charge in [0, 0.05) is 36.6 Å². The van der Waals surface area contributed by atoms with Crippen molar-refractivity contribution in [1.29, 1.82) is 0 Å². The van der Waals surface area contributed by atoms with E-state index in [9.17, 15) is 0 Å². The van der Waals surface area contributed by atoms with Crippen molar-refractivity contribution in [3.05, 3.63) is 35.9 Å². The molecule has 0 bridgehead atoms. The summed E-state index contributed by atoms with van der Waals surface area (Å²) in [6.07, 6.45) is 4.21. The number of rotatable bonds is 3. The molecule has 1 aromatic carbocycles. The van der Waals surface area contributed by atoms with E-state index in [-0.39, 0.29) is 0 Å². The van der Waals surface area contributed by atoms with Crippen LogP contribution in [0.5, 0.6) is 0 Å². The lowest BCUT2D eigenvalue weighted by molar-refractivity contribution is 0.0749. The largest absolute Gasteiger partial charge is 0.308 e. The van der Waals surface area contributed by atoms with Crippen LogP contribution in [0, 0.1) is 5.92 Å². The van der Waals surface area contributed by atoms with Crippen LogP contribution in [0.4, 0.5) is 0 Å². The zero-order chi connectivity index (χ0) is 13.7. The Labute approximate surface area is 122 Å². The molecule has 108 valence electrons. The molecule has 20 heavy (non-hydrogen) atoms. The molecule has 0 spiro atoms. The summed E-state index contributed by atoms with van der Waals surface area (Å²) in [6, 6.07) is 12.6. The quantitative estimate of drug-likeness (QED) is 0.908. The number of nitrogens with one attached hydrogen (secondary N) is 1. The molecule has 4 atom stereocenters. The van der Waals surface area contributed by atoms with Crippen LogP contribution in [-0.4, -0.2) is 35.6 Å². The first-order chi connectivity index (χ1) is 9.67. The Morgan fingerprint density at radius 1 is 1.20 bits per heavy atom. The molecule has 4 rings (SSSR count). The van der Waals surface area contributed by atoms with Crippen molar-refractivity contribution in [3.63, 3.8) is 0 Å². The Morgan fingerprint density at radius 2 is 1.95 bits per heavy atom. The van der Waals surface area contributed by atoms with Gasteiger partial charge in [-0.2, -0.15) is 0 Å². The highest BCUT2D eigenvalue weighted by atomic mass is 15.3. The van der Waals surface area contributed by atoms with Gasteiger partial charge >= 0.3 is 0 Å². The second-order valence-electron chi connectivity index (χ2n) is 7.41. The molecule has 3 aliphatic rings. The van der Waals surface area contributed by atoms with Crippen molar-refractivity contribution in [2.75, 3.05) is 13.1 Å². The second kappa shape index (κ2) is 4.57. The van der Waals surface area contributed by atoms with E-state index in [2.05, 4.69) is 54.4 Å². The number of piperazine rings is 1. The fourth-order valence-electron chi connectivity index (χ4n) is 4.13. The average molecular weight is 270 g/mol. The molecule has 1 N–H and O–H groups in total. The lowest BCUT2D eigenvalue weighted by atomic mass is 9.91. The highest BCUT2D eigenvalue weighted by Gasteiger charge is 2.51. The van der Waals surface area contributed by atoms with Crippen LogP contribution in [0.15, 0.2) is 30.3 Å². The van der Waals surface area contributed by atoms with E-state index < -0.39 is 0 Å². The maximum Gasteiger partial charge on any atom is 0.0309 e. The summed E-state index contributed by atoms with van der Waals surface area (Å²) in [5.41, 5.74) is 1.91. The van der Waals surface area contributed by atoms with Gasteiger partial charge in [0.05, 0.1) is 0 Å². The SMILES string of the molecule is CC1CNC(C)(C2CC2)CN1C1CC1c1ccccc1. The Balaban J connectivity index is 1.48. The van der Waals surface area contributed by atoms with Gasteiger partial charge in [0.2, 0.25) is 0 Å². The molecule has 0 radical (unpaired) electrons. The number of nitrogens with zero attached hydrogens (tertiary/aromatic N) is 1. The fraction of sp³-hybridized carbons (Fsp3) is 0.667. The van der Waals surface area contributed by atoms with Crippen molar-refractivity contribution in [2.24, 2.45) is 5.92 Å². The minimum absolute atomic E-state index is 0.371. The molecular weight excluding hydrogens is 244 g/mol. The summed E-state index contributed by atoms with van der Waals surface area (Å²) in [7, 11) is 0. The van der Waals surface area contributed by atoms with Gasteiger partial charge in [-0.05, 0) is 44.6 Å². The van der Waals surface area contributed by atoms with E-state index in [1.165, 1.54) is 31.4 Å². The van der Waals surface area contributed by atoms with Gasteiger partial charge in [-0.15, -0.1) is 0 Å². The molecule has 2 aliphatic carbocycles. The van der Waals surface area contributed by atoms with E-state index in [0.29, 0.717) is 11.6 Å². The van der Waals surface area contributed by atoms with Crippen LogP contribution in [0.1, 0.15) is 44.6 Å². The van der Waals surface area contributed by atoms with Crippen LogP contribution in [0.2, 0.25) is 0 Å². The minimum Gasteiger partial charge on any atom is -0.308 e. The van der Waals surface area contributed by atoms with Gasteiger partial charge in [-0.3, -0.25) is 4.90 Å². The Morgan fingerprint density at radius 3 is 2.65 bits per heavy atom. The van der Waals surface area contributed by atoms with Gasteiger partial charge in [0.15, 0.2) is 0 Å². The number of hydrogen-bond acceptors (Lipinski definition) is 2. The maximum absolute atomic E-state index is 3.83. The summed E-state index contributed by atoms with van der Waals surface area (Å²) in [4.78, 5) is 2.80. The zero-order valence-corrected chi connectivity index (χ0v) is 12.7. The van der Waals surface area contributed by atoms with Crippen molar-refractivity contribution in [1.82, 2.24) is 10.2 Å². The highest BCUT2D eigenvalue weighted by molar-refractivity contribution is 5.28. The summed E-state index contributed by atoms with van der Waals surface area (Å²) >= 11 is 0. The topological polar surface area (TPSA) is 15.3 Å². The van der Waals surface area contributed by atoms with E-state index in [0.717, 1.165) is 24.4 Å². The van der Waals surface area contributed by atoms with E-state index in [1.807, 2.05) is 0 Å². The first-order valence-corrected chi connectivity index (χ1v) is 8.23. The first-order valence-electron chi connectivity index (χ1n) is 8.23. The summed E-state index contributed by atoms with van der Waals surface area (Å²) in [6.45, 7) is 7.24. The molecule has 3 fully saturated rings. The summed E-state index contributed by atoms with van der Waals surface area (Å²) in [5.74, 6) is 1.70. The average Bonchev–Trinajstić information content (AvgIpc) is 3.35. The molecule has 1 aliphatic heterocycles. The molecule has 1 aromatic rings. The smallest absolute Gasteiger partial charge is 0.0309 e. The molecule has 2 saturated carbocycles. The molecule has 2 nitrogen and oxygen atoms in total. The van der Waals surface area contributed by atoms with Gasteiger partial charge in [0.1, 0.15) is 0 Å². The molecule has 2 heteroatoms. The summed E-state index contributed by atoms with van der Waals surface area (Å²) in [5, 5.41) is 3.83. The molecule has 0 amide bonds. The Bertz CT molecular complexity index is 481. The van der Waals surface area contributed by atoms with Crippen molar-refractivity contribution >= 4 is 0 Å². The van der Waals surface area contributed by atoms with Crippen LogP contribution in [-0.2, 0) is 0 Å². The Kier molecular flexibility index (Phi) is 2.94. The molecule has 1 heterocycles. The third kappa shape index (κ3) is 2.19. The second-order valence-corrected chi connectivity index (χ2v) is 7.41. The standard InChI is InChI=1S/C18H26N2/c1-13-11-19-18(2,15-8-9-15)12-20(13)17-10-16(17)14-6-4-3-5-7-14/h3-7,13,15-17,19H,8-12H2,1-2H3. The summed E-state index contributed by atoms with van der Waals surface area (Å²) < 4.78 is 0. The molecule has 0 aromatic heterocycles. The molecule has 1 saturated heterocycles. The predicted octanol–water partition coefficient (Wildman–Crippen LogP) is 3.00. The van der Waals surface area contributed by atoms with E-state index >= 15 is 0 Å². The van der Waals surface area contributed by atoms with E-state index in [1.54, 1.807) is 0 Å². The minimum atomic E-state index is 0.371. The first kappa shape index (κ1) is 12.8. The normalized spacial score (nSPS) is 41.6. The van der Waals surface area contributed by atoms with Crippen LogP contribution >= 0.6 is 0 Å².